The predicted molar refractivity (Wildman–Crippen MR) is 112 cm³/mol. The smallest absolute Gasteiger partial charge is 0.305 e. The quantitative estimate of drug-likeness (QED) is 0.395. The van der Waals surface area contributed by atoms with Gasteiger partial charge in [-0.15, -0.1) is 0 Å². The van der Waals surface area contributed by atoms with Crippen LogP contribution in [0.5, 0.6) is 17.2 Å². The van der Waals surface area contributed by atoms with E-state index in [1.807, 2.05) is 13.0 Å². The summed E-state index contributed by atoms with van der Waals surface area (Å²) in [7, 11) is 4.73. The standard InChI is InChI=1S/C21H31N3O5/c1-5-29-17(25)11-9-7-6-8-10-12-22-21-15-13-16(26-2)19(27-3)20(28-4)18(15)23-14-24-21/h13-14H,5-12H2,1-4H3,(H,22,23,24). The third-order valence-electron chi connectivity index (χ3n) is 4.59. The zero-order valence-corrected chi connectivity index (χ0v) is 17.7. The molecule has 0 saturated heterocycles. The van der Waals surface area contributed by atoms with Crippen molar-refractivity contribution in [2.24, 2.45) is 0 Å². The Bertz CT molecular complexity index is 797. The minimum Gasteiger partial charge on any atom is -0.493 e. The summed E-state index contributed by atoms with van der Waals surface area (Å²) in [6, 6.07) is 1.86. The molecule has 8 nitrogen and oxygen atoms in total. The van der Waals surface area contributed by atoms with Crippen molar-refractivity contribution in [1.29, 1.82) is 0 Å². The van der Waals surface area contributed by atoms with Gasteiger partial charge in [-0.3, -0.25) is 4.79 Å². The molecular weight excluding hydrogens is 374 g/mol. The van der Waals surface area contributed by atoms with Crippen LogP contribution < -0.4 is 19.5 Å². The average molecular weight is 405 g/mol. The summed E-state index contributed by atoms with van der Waals surface area (Å²) in [4.78, 5) is 20.0. The maximum absolute atomic E-state index is 11.3. The summed E-state index contributed by atoms with van der Waals surface area (Å²) in [5, 5.41) is 4.19. The number of methoxy groups -OCH3 is 3. The molecule has 0 unspecified atom stereocenters. The molecule has 0 fully saturated rings. The normalized spacial score (nSPS) is 10.6. The van der Waals surface area contributed by atoms with Crippen LogP contribution in [-0.4, -0.2) is 50.4 Å². The summed E-state index contributed by atoms with van der Waals surface area (Å²) in [6.07, 6.45) is 7.10. The molecule has 0 aliphatic carbocycles. The lowest BCUT2D eigenvalue weighted by molar-refractivity contribution is -0.143. The van der Waals surface area contributed by atoms with Crippen LogP contribution in [0.4, 0.5) is 5.82 Å². The van der Waals surface area contributed by atoms with Gasteiger partial charge in [0.1, 0.15) is 17.7 Å². The fourth-order valence-electron chi connectivity index (χ4n) is 3.17. The molecule has 0 radical (unpaired) electrons. The Hall–Kier alpha value is -2.77. The Morgan fingerprint density at radius 3 is 2.38 bits per heavy atom. The highest BCUT2D eigenvalue weighted by Crippen LogP contribution is 2.43. The molecule has 2 rings (SSSR count). The average Bonchev–Trinajstić information content (AvgIpc) is 2.74. The number of rotatable bonds is 13. The number of anilines is 1. The van der Waals surface area contributed by atoms with Crippen molar-refractivity contribution in [3.05, 3.63) is 12.4 Å². The van der Waals surface area contributed by atoms with Gasteiger partial charge in [-0.05, 0) is 25.8 Å². The van der Waals surface area contributed by atoms with Crippen molar-refractivity contribution in [3.8, 4) is 17.2 Å². The van der Waals surface area contributed by atoms with Crippen LogP contribution in [0.2, 0.25) is 0 Å². The first-order valence-corrected chi connectivity index (χ1v) is 9.99. The lowest BCUT2D eigenvalue weighted by Gasteiger charge is -2.15. The van der Waals surface area contributed by atoms with Crippen molar-refractivity contribution in [2.45, 2.75) is 45.4 Å². The van der Waals surface area contributed by atoms with Crippen LogP contribution in [0.1, 0.15) is 45.4 Å². The molecule has 0 amide bonds. The van der Waals surface area contributed by atoms with Gasteiger partial charge >= 0.3 is 5.97 Å². The van der Waals surface area contributed by atoms with Crippen LogP contribution in [0.25, 0.3) is 10.9 Å². The second kappa shape index (κ2) is 11.9. The minimum atomic E-state index is -0.104. The number of fused-ring (bicyclic) bond motifs is 1. The molecule has 0 aliphatic heterocycles. The van der Waals surface area contributed by atoms with E-state index in [4.69, 9.17) is 18.9 Å². The lowest BCUT2D eigenvalue weighted by atomic mass is 10.1. The highest BCUT2D eigenvalue weighted by Gasteiger charge is 2.19. The molecule has 160 valence electrons. The van der Waals surface area contributed by atoms with Gasteiger partial charge < -0.3 is 24.3 Å². The number of nitrogens with one attached hydrogen (secondary N) is 1. The summed E-state index contributed by atoms with van der Waals surface area (Å²) >= 11 is 0. The predicted octanol–water partition coefficient (Wildman–Crippen LogP) is 3.97. The maximum Gasteiger partial charge on any atom is 0.305 e. The van der Waals surface area contributed by atoms with Crippen molar-refractivity contribution in [2.75, 3.05) is 39.8 Å². The van der Waals surface area contributed by atoms with Gasteiger partial charge in [-0.25, -0.2) is 9.97 Å². The topological polar surface area (TPSA) is 91.8 Å². The number of aromatic nitrogens is 2. The number of hydrogen-bond acceptors (Lipinski definition) is 8. The van der Waals surface area contributed by atoms with Crippen molar-refractivity contribution < 1.29 is 23.7 Å². The molecule has 0 bridgehead atoms. The third kappa shape index (κ3) is 6.10. The number of hydrogen-bond donors (Lipinski definition) is 1. The highest BCUT2D eigenvalue weighted by atomic mass is 16.5. The van der Waals surface area contributed by atoms with E-state index < -0.39 is 0 Å². The minimum absolute atomic E-state index is 0.104. The molecule has 1 aromatic carbocycles. The fraction of sp³-hybridized carbons (Fsp3) is 0.571. The molecule has 1 aromatic heterocycles. The van der Waals surface area contributed by atoms with E-state index in [0.29, 0.717) is 35.8 Å². The number of benzene rings is 1. The molecule has 1 N–H and O–H groups in total. The maximum atomic E-state index is 11.3. The van der Waals surface area contributed by atoms with Crippen LogP contribution in [0.3, 0.4) is 0 Å². The SMILES string of the molecule is CCOC(=O)CCCCCCCNc1ncnc2c(OC)c(OC)c(OC)cc12. The first-order chi connectivity index (χ1) is 14.2. The molecule has 29 heavy (non-hydrogen) atoms. The number of nitrogens with zero attached hydrogens (tertiary/aromatic N) is 2. The molecule has 0 aliphatic rings. The van der Waals surface area contributed by atoms with Gasteiger partial charge in [0.2, 0.25) is 5.75 Å². The molecular formula is C21H31N3O5. The van der Waals surface area contributed by atoms with Crippen LogP contribution >= 0.6 is 0 Å². The Balaban J connectivity index is 1.90. The van der Waals surface area contributed by atoms with E-state index in [0.717, 1.165) is 49.9 Å². The summed E-state index contributed by atoms with van der Waals surface area (Å²) in [5.74, 6) is 2.23. The Morgan fingerprint density at radius 1 is 0.966 bits per heavy atom. The van der Waals surface area contributed by atoms with Crippen LogP contribution in [0, 0.1) is 0 Å². The number of carbonyl (C=O) groups is 1. The second-order valence-corrected chi connectivity index (χ2v) is 6.51. The van der Waals surface area contributed by atoms with Crippen LogP contribution in [0.15, 0.2) is 12.4 Å². The monoisotopic (exact) mass is 405 g/mol. The molecule has 2 aromatic rings. The van der Waals surface area contributed by atoms with Gasteiger partial charge in [-0.2, -0.15) is 0 Å². The lowest BCUT2D eigenvalue weighted by Crippen LogP contribution is -2.06. The Morgan fingerprint density at radius 2 is 1.69 bits per heavy atom. The molecule has 8 heteroatoms. The van der Waals surface area contributed by atoms with Crippen molar-refractivity contribution >= 4 is 22.7 Å². The first-order valence-electron chi connectivity index (χ1n) is 9.99. The third-order valence-corrected chi connectivity index (χ3v) is 4.59. The fourth-order valence-corrected chi connectivity index (χ4v) is 3.17. The van der Waals surface area contributed by atoms with E-state index in [9.17, 15) is 4.79 Å². The Labute approximate surface area is 171 Å². The number of unbranched alkanes of at least 4 members (excludes halogenated alkanes) is 4. The van der Waals surface area contributed by atoms with Crippen LogP contribution in [-0.2, 0) is 9.53 Å². The molecule has 0 saturated carbocycles. The summed E-state index contributed by atoms with van der Waals surface area (Å²) in [6.45, 7) is 3.07. The molecule has 0 spiro atoms. The van der Waals surface area contributed by atoms with E-state index in [1.54, 1.807) is 21.3 Å². The first kappa shape index (κ1) is 22.5. The molecule has 1 heterocycles. The number of ether oxygens (including phenoxy) is 4. The summed E-state index contributed by atoms with van der Waals surface area (Å²) < 4.78 is 21.3. The van der Waals surface area contributed by atoms with Crippen molar-refractivity contribution in [3.63, 3.8) is 0 Å². The van der Waals surface area contributed by atoms with Crippen molar-refractivity contribution in [1.82, 2.24) is 9.97 Å². The second-order valence-electron chi connectivity index (χ2n) is 6.51. The summed E-state index contributed by atoms with van der Waals surface area (Å²) in [5.41, 5.74) is 0.668. The van der Waals surface area contributed by atoms with Gasteiger partial charge in [0.25, 0.3) is 0 Å². The van der Waals surface area contributed by atoms with E-state index >= 15 is 0 Å². The van der Waals surface area contributed by atoms with E-state index in [2.05, 4.69) is 15.3 Å². The number of esters is 1. The zero-order valence-electron chi connectivity index (χ0n) is 17.7. The Kier molecular flexibility index (Phi) is 9.27. The van der Waals surface area contributed by atoms with Gasteiger partial charge in [0, 0.05) is 13.0 Å². The molecule has 0 atom stereocenters. The van der Waals surface area contributed by atoms with Gasteiger partial charge in [-0.1, -0.05) is 19.3 Å². The largest absolute Gasteiger partial charge is 0.493 e. The highest BCUT2D eigenvalue weighted by molar-refractivity contribution is 5.96. The van der Waals surface area contributed by atoms with Gasteiger partial charge in [0.05, 0.1) is 33.3 Å². The van der Waals surface area contributed by atoms with Gasteiger partial charge in [0.15, 0.2) is 11.5 Å². The number of carbonyl (C=O) groups excluding carboxylic acids is 1. The zero-order chi connectivity index (χ0) is 21.1. The van der Waals surface area contributed by atoms with E-state index in [-0.39, 0.29) is 5.97 Å². The van der Waals surface area contributed by atoms with E-state index in [1.165, 1.54) is 6.33 Å².